The first-order chi connectivity index (χ1) is 9.99. The van der Waals surface area contributed by atoms with Crippen LogP contribution in [0, 0.1) is 11.7 Å². The molecule has 2 N–H and O–H groups in total. The highest BCUT2D eigenvalue weighted by atomic mass is 79.9. The van der Waals surface area contributed by atoms with Gasteiger partial charge >= 0.3 is 0 Å². The van der Waals surface area contributed by atoms with Crippen LogP contribution in [-0.4, -0.2) is 10.1 Å². The molecule has 3 rings (SSSR count). The van der Waals surface area contributed by atoms with E-state index in [4.69, 9.17) is 10.3 Å². The fourth-order valence-corrected chi connectivity index (χ4v) is 3.14. The van der Waals surface area contributed by atoms with Crippen LogP contribution in [0.25, 0.3) is 11.5 Å². The number of hydrogen-bond acceptors (Lipinski definition) is 4. The zero-order chi connectivity index (χ0) is 15.0. The van der Waals surface area contributed by atoms with Crippen molar-refractivity contribution in [1.29, 1.82) is 0 Å². The minimum absolute atomic E-state index is 0.292. The molecule has 1 aromatic carbocycles. The summed E-state index contributed by atoms with van der Waals surface area (Å²) in [5, 5.41) is 4.03. The van der Waals surface area contributed by atoms with Crippen molar-refractivity contribution in [3.63, 3.8) is 0 Å². The zero-order valence-electron chi connectivity index (χ0n) is 11.8. The van der Waals surface area contributed by atoms with E-state index in [9.17, 15) is 4.39 Å². The van der Waals surface area contributed by atoms with Crippen molar-refractivity contribution in [1.82, 2.24) is 10.1 Å². The standard InChI is InChI=1S/C15H17BrFN3O/c1-9-5-7-15(18,8-6-9)14-19-13(21-20-14)10-3-2-4-11(17)12(10)16/h2-4,9H,5-8,18H2,1H3. The number of nitrogens with zero attached hydrogens (tertiary/aromatic N) is 2. The first-order valence-corrected chi connectivity index (χ1v) is 7.86. The molecule has 0 amide bonds. The number of halogens is 2. The number of nitrogens with two attached hydrogens (primary N) is 1. The molecule has 6 heteroatoms. The second-order valence-electron chi connectivity index (χ2n) is 5.86. The molecule has 1 aliphatic carbocycles. The summed E-state index contributed by atoms with van der Waals surface area (Å²) in [6.07, 6.45) is 3.81. The molecule has 0 radical (unpaired) electrons. The summed E-state index contributed by atoms with van der Waals surface area (Å²) in [6, 6.07) is 4.72. The van der Waals surface area contributed by atoms with Crippen LogP contribution < -0.4 is 5.73 Å². The van der Waals surface area contributed by atoms with Crippen LogP contribution in [0.5, 0.6) is 0 Å². The maximum Gasteiger partial charge on any atom is 0.259 e. The highest BCUT2D eigenvalue weighted by molar-refractivity contribution is 9.10. The maximum atomic E-state index is 13.6. The molecule has 1 aromatic heterocycles. The zero-order valence-corrected chi connectivity index (χ0v) is 13.4. The Kier molecular flexibility index (Phi) is 3.84. The maximum absolute atomic E-state index is 13.6. The average Bonchev–Trinajstić information content (AvgIpc) is 2.96. The van der Waals surface area contributed by atoms with E-state index in [2.05, 4.69) is 33.0 Å². The van der Waals surface area contributed by atoms with Gasteiger partial charge in [-0.15, -0.1) is 0 Å². The van der Waals surface area contributed by atoms with Crippen LogP contribution in [-0.2, 0) is 5.54 Å². The Balaban J connectivity index is 1.92. The lowest BCUT2D eigenvalue weighted by Crippen LogP contribution is -2.41. The van der Waals surface area contributed by atoms with Crippen LogP contribution >= 0.6 is 15.9 Å². The summed E-state index contributed by atoms with van der Waals surface area (Å²) >= 11 is 3.21. The molecule has 4 nitrogen and oxygen atoms in total. The van der Waals surface area contributed by atoms with Crippen molar-refractivity contribution in [2.24, 2.45) is 11.7 Å². The van der Waals surface area contributed by atoms with Crippen molar-refractivity contribution in [3.8, 4) is 11.5 Å². The van der Waals surface area contributed by atoms with Crippen LogP contribution in [0.3, 0.4) is 0 Å². The van der Waals surface area contributed by atoms with Gasteiger partial charge in [0.2, 0.25) is 0 Å². The normalized spacial score (nSPS) is 26.0. The predicted molar refractivity (Wildman–Crippen MR) is 80.9 cm³/mol. The molecule has 2 aromatic rings. The topological polar surface area (TPSA) is 64.9 Å². The summed E-state index contributed by atoms with van der Waals surface area (Å²) in [4.78, 5) is 4.40. The summed E-state index contributed by atoms with van der Waals surface area (Å²) in [7, 11) is 0. The lowest BCUT2D eigenvalue weighted by molar-refractivity contribution is 0.230. The Bertz CT molecular complexity index is 650. The molecule has 0 aliphatic heterocycles. The van der Waals surface area contributed by atoms with Crippen LogP contribution in [0.15, 0.2) is 27.2 Å². The van der Waals surface area contributed by atoms with E-state index in [1.54, 1.807) is 12.1 Å². The predicted octanol–water partition coefficient (Wildman–Crippen LogP) is 4.00. The third-order valence-electron chi connectivity index (χ3n) is 4.22. The number of hydrogen-bond donors (Lipinski definition) is 1. The third-order valence-corrected chi connectivity index (χ3v) is 5.03. The Morgan fingerprint density at radius 2 is 2.10 bits per heavy atom. The quantitative estimate of drug-likeness (QED) is 0.885. The van der Waals surface area contributed by atoms with Crippen LogP contribution in [0.2, 0.25) is 0 Å². The Morgan fingerprint density at radius 3 is 2.81 bits per heavy atom. The summed E-state index contributed by atoms with van der Waals surface area (Å²) in [5.74, 6) is 1.13. The fourth-order valence-electron chi connectivity index (χ4n) is 2.70. The van der Waals surface area contributed by atoms with Gasteiger partial charge in [0.05, 0.1) is 15.6 Å². The van der Waals surface area contributed by atoms with E-state index >= 15 is 0 Å². The van der Waals surface area contributed by atoms with Gasteiger partial charge in [-0.1, -0.05) is 18.1 Å². The molecule has 0 saturated heterocycles. The van der Waals surface area contributed by atoms with Gasteiger partial charge in [-0.3, -0.25) is 0 Å². The van der Waals surface area contributed by atoms with Crippen molar-refractivity contribution in [3.05, 3.63) is 34.3 Å². The number of rotatable bonds is 2. The van der Waals surface area contributed by atoms with Crippen LogP contribution in [0.1, 0.15) is 38.4 Å². The molecular formula is C15H17BrFN3O. The van der Waals surface area contributed by atoms with Gasteiger partial charge in [0.1, 0.15) is 5.82 Å². The lowest BCUT2D eigenvalue weighted by Gasteiger charge is -2.33. The number of benzene rings is 1. The largest absolute Gasteiger partial charge is 0.334 e. The molecule has 1 aliphatic rings. The molecule has 0 atom stereocenters. The molecule has 21 heavy (non-hydrogen) atoms. The molecule has 1 fully saturated rings. The molecule has 0 bridgehead atoms. The Morgan fingerprint density at radius 1 is 1.38 bits per heavy atom. The Hall–Kier alpha value is -1.27. The molecule has 0 unspecified atom stereocenters. The average molecular weight is 354 g/mol. The van der Waals surface area contributed by atoms with Gasteiger partial charge in [0.25, 0.3) is 5.89 Å². The monoisotopic (exact) mass is 353 g/mol. The van der Waals surface area contributed by atoms with E-state index in [0.29, 0.717) is 27.7 Å². The Labute approximate surface area is 131 Å². The fraction of sp³-hybridized carbons (Fsp3) is 0.467. The lowest BCUT2D eigenvalue weighted by atomic mass is 9.77. The van der Waals surface area contributed by atoms with E-state index < -0.39 is 5.54 Å². The minimum atomic E-state index is -0.534. The summed E-state index contributed by atoms with van der Waals surface area (Å²) in [5.41, 5.74) is 6.44. The summed E-state index contributed by atoms with van der Waals surface area (Å²) in [6.45, 7) is 2.23. The SMILES string of the molecule is CC1CCC(N)(c2noc(-c3cccc(F)c3Br)n2)CC1. The first-order valence-electron chi connectivity index (χ1n) is 7.07. The smallest absolute Gasteiger partial charge is 0.259 e. The highest BCUT2D eigenvalue weighted by Gasteiger charge is 2.36. The second-order valence-corrected chi connectivity index (χ2v) is 6.66. The number of aromatic nitrogens is 2. The molecular weight excluding hydrogens is 337 g/mol. The van der Waals surface area contributed by atoms with Crippen molar-refractivity contribution in [2.45, 2.75) is 38.1 Å². The van der Waals surface area contributed by atoms with Gasteiger partial charge in [0.15, 0.2) is 5.82 Å². The van der Waals surface area contributed by atoms with Crippen molar-refractivity contribution in [2.75, 3.05) is 0 Å². The van der Waals surface area contributed by atoms with Crippen molar-refractivity contribution < 1.29 is 8.91 Å². The molecule has 1 saturated carbocycles. The van der Waals surface area contributed by atoms with Gasteiger partial charge in [-0.25, -0.2) is 4.39 Å². The van der Waals surface area contributed by atoms with Crippen molar-refractivity contribution >= 4 is 15.9 Å². The molecule has 0 spiro atoms. The van der Waals surface area contributed by atoms with Crippen LogP contribution in [0.4, 0.5) is 4.39 Å². The van der Waals surface area contributed by atoms with E-state index in [1.807, 2.05) is 0 Å². The minimum Gasteiger partial charge on any atom is -0.334 e. The van der Waals surface area contributed by atoms with Gasteiger partial charge in [-0.05, 0) is 59.7 Å². The first kappa shape index (κ1) is 14.7. The van der Waals surface area contributed by atoms with Gasteiger partial charge in [0, 0.05) is 0 Å². The van der Waals surface area contributed by atoms with Gasteiger partial charge < -0.3 is 10.3 Å². The highest BCUT2D eigenvalue weighted by Crippen LogP contribution is 2.37. The van der Waals surface area contributed by atoms with Gasteiger partial charge in [-0.2, -0.15) is 4.98 Å². The van der Waals surface area contributed by atoms with E-state index in [0.717, 1.165) is 25.7 Å². The molecule has 112 valence electrons. The third kappa shape index (κ3) is 2.74. The second kappa shape index (κ2) is 5.50. The van der Waals surface area contributed by atoms with E-state index in [-0.39, 0.29) is 5.82 Å². The summed E-state index contributed by atoms with van der Waals surface area (Å²) < 4.78 is 19.2. The van der Waals surface area contributed by atoms with E-state index in [1.165, 1.54) is 6.07 Å². The molecule has 1 heterocycles.